The third-order valence-electron chi connectivity index (χ3n) is 5.79. The van der Waals surface area contributed by atoms with Crippen molar-refractivity contribution in [3.63, 3.8) is 0 Å². The number of carbonyl (C=O) groups excluding carboxylic acids is 2. The number of nitrogens with zero attached hydrogens (tertiary/aromatic N) is 3. The van der Waals surface area contributed by atoms with Gasteiger partial charge in [-0.1, -0.05) is 71.4 Å². The number of rotatable bonds is 5. The maximum Gasteiger partial charge on any atom is 0.270 e. The first kappa shape index (κ1) is 25.0. The highest BCUT2D eigenvalue weighted by atomic mass is 35.5. The Labute approximate surface area is 228 Å². The van der Waals surface area contributed by atoms with Crippen LogP contribution in [0, 0.1) is 6.92 Å². The van der Waals surface area contributed by atoms with Crippen LogP contribution in [0.1, 0.15) is 11.1 Å². The molecule has 37 heavy (non-hydrogen) atoms. The summed E-state index contributed by atoms with van der Waals surface area (Å²) in [7, 11) is 1.85. The third-order valence-corrected chi connectivity index (χ3v) is 7.51. The van der Waals surface area contributed by atoms with E-state index in [4.69, 9.17) is 28.9 Å². The number of nitrogens with one attached hydrogen (secondary N) is 1. The van der Waals surface area contributed by atoms with E-state index in [1.54, 1.807) is 35.0 Å². The Balaban J connectivity index is 1.64. The Morgan fingerprint density at radius 2 is 1.65 bits per heavy atom. The van der Waals surface area contributed by atoms with Crippen LogP contribution in [-0.4, -0.2) is 26.7 Å². The number of thiocarbonyl (C=S) groups is 1. The maximum absolute atomic E-state index is 13.6. The van der Waals surface area contributed by atoms with E-state index >= 15 is 0 Å². The first-order chi connectivity index (χ1) is 17.8. The minimum atomic E-state index is -0.561. The van der Waals surface area contributed by atoms with Crippen molar-refractivity contribution < 1.29 is 9.59 Å². The summed E-state index contributed by atoms with van der Waals surface area (Å²) in [5.74, 6) is -1.08. The summed E-state index contributed by atoms with van der Waals surface area (Å²) >= 11 is 12.9. The molecule has 0 saturated carbocycles. The van der Waals surface area contributed by atoms with Gasteiger partial charge in [-0.25, -0.2) is 0 Å². The van der Waals surface area contributed by atoms with Gasteiger partial charge < -0.3 is 0 Å². The van der Waals surface area contributed by atoms with E-state index in [2.05, 4.69) is 5.32 Å². The Hall–Kier alpha value is -3.72. The van der Waals surface area contributed by atoms with Crippen molar-refractivity contribution >= 4 is 64.3 Å². The Kier molecular flexibility index (Phi) is 6.97. The van der Waals surface area contributed by atoms with E-state index in [1.165, 1.54) is 16.7 Å². The number of hydrogen-bond donors (Lipinski definition) is 1. The molecule has 1 aliphatic rings. The number of halogens is 1. The standard InChI is InChI=1S/C28H21ClN4O2S2/c1-17-8-14-21(15-9-17)37-27-22(24(31-32(27)2)18-6-4-3-5-7-18)16-23-25(34)30-28(36)33(26(23)35)20-12-10-19(29)11-13-20/h3-16H,1-2H3,(H,30,34,36). The molecular formula is C28H21ClN4O2S2. The number of aryl methyl sites for hydroxylation is 2. The van der Waals surface area contributed by atoms with E-state index in [9.17, 15) is 9.59 Å². The van der Waals surface area contributed by atoms with Gasteiger partial charge in [0.1, 0.15) is 16.3 Å². The second kappa shape index (κ2) is 10.3. The van der Waals surface area contributed by atoms with Gasteiger partial charge in [-0.15, -0.1) is 0 Å². The lowest BCUT2D eigenvalue weighted by Crippen LogP contribution is -2.54. The van der Waals surface area contributed by atoms with Crippen molar-refractivity contribution in [3.05, 3.63) is 101 Å². The second-order valence-corrected chi connectivity index (χ2v) is 10.3. The van der Waals surface area contributed by atoms with E-state index in [0.717, 1.165) is 21.0 Å². The van der Waals surface area contributed by atoms with Crippen molar-refractivity contribution in [3.8, 4) is 11.3 Å². The molecule has 4 aromatic rings. The number of anilines is 1. The highest BCUT2D eigenvalue weighted by Crippen LogP contribution is 2.37. The normalized spacial score (nSPS) is 14.8. The number of aromatic nitrogens is 2. The highest BCUT2D eigenvalue weighted by molar-refractivity contribution is 7.99. The summed E-state index contributed by atoms with van der Waals surface area (Å²) in [5, 5.41) is 8.75. The van der Waals surface area contributed by atoms with E-state index in [0.29, 0.717) is 22.0 Å². The monoisotopic (exact) mass is 544 g/mol. The highest BCUT2D eigenvalue weighted by Gasteiger charge is 2.35. The first-order valence-electron chi connectivity index (χ1n) is 11.4. The van der Waals surface area contributed by atoms with E-state index in [-0.39, 0.29) is 10.7 Å². The molecule has 0 spiro atoms. The largest absolute Gasteiger partial charge is 0.298 e. The molecule has 9 heteroatoms. The second-order valence-electron chi connectivity index (χ2n) is 8.41. The molecule has 0 radical (unpaired) electrons. The quantitative estimate of drug-likeness (QED) is 0.189. The Morgan fingerprint density at radius 1 is 0.973 bits per heavy atom. The summed E-state index contributed by atoms with van der Waals surface area (Å²) in [6, 6.07) is 24.5. The van der Waals surface area contributed by atoms with Crippen molar-refractivity contribution in [1.82, 2.24) is 15.1 Å². The summed E-state index contributed by atoms with van der Waals surface area (Å²) in [4.78, 5) is 29.0. The molecule has 0 bridgehead atoms. The SMILES string of the molecule is Cc1ccc(Sc2c(C=C3C(=O)NC(=S)N(c4ccc(Cl)cc4)C3=O)c(-c3ccccc3)nn2C)cc1. The van der Waals surface area contributed by atoms with Gasteiger partial charge in [-0.2, -0.15) is 5.10 Å². The minimum absolute atomic E-state index is 0.0122. The molecule has 184 valence electrons. The Morgan fingerprint density at radius 3 is 2.32 bits per heavy atom. The van der Waals surface area contributed by atoms with Crippen LogP contribution in [0.2, 0.25) is 5.02 Å². The van der Waals surface area contributed by atoms with Crippen molar-refractivity contribution in [2.45, 2.75) is 16.8 Å². The zero-order valence-corrected chi connectivity index (χ0v) is 22.3. The summed E-state index contributed by atoms with van der Waals surface area (Å²) in [5.41, 5.74) is 3.83. The molecule has 1 aliphatic heterocycles. The zero-order valence-electron chi connectivity index (χ0n) is 19.9. The van der Waals surface area contributed by atoms with Crippen LogP contribution >= 0.6 is 35.6 Å². The van der Waals surface area contributed by atoms with Gasteiger partial charge in [0, 0.05) is 28.1 Å². The van der Waals surface area contributed by atoms with Gasteiger partial charge in [0.15, 0.2) is 5.11 Å². The smallest absolute Gasteiger partial charge is 0.270 e. The molecule has 2 amide bonds. The van der Waals surface area contributed by atoms with Crippen molar-refractivity contribution in [2.75, 3.05) is 4.90 Å². The lowest BCUT2D eigenvalue weighted by atomic mass is 10.0. The van der Waals surface area contributed by atoms with Crippen LogP contribution in [0.4, 0.5) is 5.69 Å². The molecule has 5 rings (SSSR count). The maximum atomic E-state index is 13.6. The molecule has 0 atom stereocenters. The van der Waals surface area contributed by atoms with Gasteiger partial charge in [0.25, 0.3) is 11.8 Å². The topological polar surface area (TPSA) is 67.2 Å². The lowest BCUT2D eigenvalue weighted by molar-refractivity contribution is -0.122. The van der Waals surface area contributed by atoms with E-state index in [1.807, 2.05) is 68.6 Å². The van der Waals surface area contributed by atoms with Crippen LogP contribution < -0.4 is 10.2 Å². The van der Waals surface area contributed by atoms with Gasteiger partial charge in [0.2, 0.25) is 0 Å². The van der Waals surface area contributed by atoms with Crippen LogP contribution in [0.5, 0.6) is 0 Å². The molecule has 2 heterocycles. The van der Waals surface area contributed by atoms with Crippen molar-refractivity contribution in [2.24, 2.45) is 7.05 Å². The molecule has 1 aromatic heterocycles. The van der Waals surface area contributed by atoms with Crippen LogP contribution in [0.25, 0.3) is 17.3 Å². The van der Waals surface area contributed by atoms with Crippen molar-refractivity contribution in [1.29, 1.82) is 0 Å². The van der Waals surface area contributed by atoms with E-state index < -0.39 is 11.8 Å². The fraction of sp³-hybridized carbons (Fsp3) is 0.0714. The first-order valence-corrected chi connectivity index (χ1v) is 13.0. The fourth-order valence-corrected chi connectivity index (χ4v) is 5.27. The predicted octanol–water partition coefficient (Wildman–Crippen LogP) is 6.03. The number of amides is 2. The Bertz CT molecular complexity index is 1550. The summed E-state index contributed by atoms with van der Waals surface area (Å²) < 4.78 is 1.77. The molecule has 1 fully saturated rings. The molecule has 6 nitrogen and oxygen atoms in total. The van der Waals surface area contributed by atoms with Gasteiger partial charge >= 0.3 is 0 Å². The van der Waals surface area contributed by atoms with Gasteiger partial charge in [-0.05, 0) is 61.6 Å². The number of benzene rings is 3. The molecule has 0 aliphatic carbocycles. The lowest BCUT2D eigenvalue weighted by Gasteiger charge is -2.29. The average molecular weight is 545 g/mol. The number of carbonyl (C=O) groups is 2. The summed E-state index contributed by atoms with van der Waals surface area (Å²) in [6.45, 7) is 2.03. The number of hydrogen-bond acceptors (Lipinski definition) is 5. The molecular weight excluding hydrogens is 524 g/mol. The predicted molar refractivity (Wildman–Crippen MR) is 152 cm³/mol. The van der Waals surface area contributed by atoms with Crippen LogP contribution in [0.15, 0.2) is 94.4 Å². The summed E-state index contributed by atoms with van der Waals surface area (Å²) in [6.07, 6.45) is 1.61. The van der Waals surface area contributed by atoms with Gasteiger partial charge in [0.05, 0.1) is 5.69 Å². The fourth-order valence-electron chi connectivity index (χ4n) is 3.93. The molecule has 3 aromatic carbocycles. The van der Waals surface area contributed by atoms with Crippen LogP contribution in [0.3, 0.4) is 0 Å². The zero-order chi connectivity index (χ0) is 26.1. The molecule has 1 saturated heterocycles. The minimum Gasteiger partial charge on any atom is -0.298 e. The third kappa shape index (κ3) is 5.09. The molecule has 1 N–H and O–H groups in total. The van der Waals surface area contributed by atoms with Gasteiger partial charge in [-0.3, -0.25) is 24.5 Å². The average Bonchev–Trinajstić information content (AvgIpc) is 3.19. The molecule has 0 unspecified atom stereocenters. The van der Waals surface area contributed by atoms with Crippen LogP contribution in [-0.2, 0) is 16.6 Å².